The van der Waals surface area contributed by atoms with Crippen molar-refractivity contribution in [1.29, 1.82) is 0 Å². The van der Waals surface area contributed by atoms with Gasteiger partial charge in [-0.1, -0.05) is 18.6 Å². The highest BCUT2D eigenvalue weighted by Gasteiger charge is 2.42. The number of nitrogens with zero attached hydrogens (tertiary/aromatic N) is 2. The van der Waals surface area contributed by atoms with Crippen LogP contribution in [0.5, 0.6) is 0 Å². The number of piperazine rings is 1. The van der Waals surface area contributed by atoms with Crippen LogP contribution in [0.15, 0.2) is 24.3 Å². The average molecular weight is 288 g/mol. The second-order valence-electron chi connectivity index (χ2n) is 7.18. The molecule has 0 unspecified atom stereocenters. The summed E-state index contributed by atoms with van der Waals surface area (Å²) < 4.78 is 13.2. The molecule has 2 bridgehead atoms. The monoisotopic (exact) mass is 288 g/mol. The van der Waals surface area contributed by atoms with Crippen LogP contribution in [0.1, 0.15) is 31.2 Å². The fourth-order valence-electron chi connectivity index (χ4n) is 4.80. The van der Waals surface area contributed by atoms with Gasteiger partial charge in [-0.25, -0.2) is 4.39 Å². The lowest BCUT2D eigenvalue weighted by Gasteiger charge is -2.41. The Morgan fingerprint density at radius 1 is 1.05 bits per heavy atom. The third-order valence-electron chi connectivity index (χ3n) is 5.87. The molecule has 0 aromatic heterocycles. The molecule has 1 aromatic carbocycles. The van der Waals surface area contributed by atoms with Gasteiger partial charge in [0, 0.05) is 38.8 Å². The lowest BCUT2D eigenvalue weighted by molar-refractivity contribution is 0.0679. The summed E-state index contributed by atoms with van der Waals surface area (Å²) in [5, 5.41) is 0. The third kappa shape index (κ3) is 2.86. The van der Waals surface area contributed by atoms with Gasteiger partial charge in [0.15, 0.2) is 0 Å². The molecule has 3 aliphatic rings. The minimum atomic E-state index is -0.117. The molecule has 1 aliphatic heterocycles. The summed E-state index contributed by atoms with van der Waals surface area (Å²) in [5.74, 6) is 1.91. The van der Waals surface area contributed by atoms with Crippen molar-refractivity contribution in [3.05, 3.63) is 35.6 Å². The lowest BCUT2D eigenvalue weighted by atomic mass is 9.93. The Morgan fingerprint density at radius 3 is 2.57 bits per heavy atom. The van der Waals surface area contributed by atoms with Crippen molar-refractivity contribution in [1.82, 2.24) is 9.80 Å². The van der Waals surface area contributed by atoms with Crippen molar-refractivity contribution in [2.24, 2.45) is 11.8 Å². The maximum atomic E-state index is 13.2. The van der Waals surface area contributed by atoms with Crippen molar-refractivity contribution < 1.29 is 4.39 Å². The average Bonchev–Trinajstić information content (AvgIpc) is 3.11. The van der Waals surface area contributed by atoms with Gasteiger partial charge in [-0.05, 0) is 48.8 Å². The van der Waals surface area contributed by atoms with E-state index in [9.17, 15) is 4.39 Å². The van der Waals surface area contributed by atoms with Crippen molar-refractivity contribution in [2.45, 2.75) is 38.3 Å². The van der Waals surface area contributed by atoms with Crippen LogP contribution in [0.25, 0.3) is 0 Å². The van der Waals surface area contributed by atoms with E-state index in [4.69, 9.17) is 0 Å². The zero-order valence-corrected chi connectivity index (χ0v) is 12.7. The van der Waals surface area contributed by atoms with Crippen molar-refractivity contribution in [3.63, 3.8) is 0 Å². The van der Waals surface area contributed by atoms with Gasteiger partial charge in [0.2, 0.25) is 0 Å². The predicted molar refractivity (Wildman–Crippen MR) is 82.5 cm³/mol. The summed E-state index contributed by atoms with van der Waals surface area (Å²) in [7, 11) is 0. The summed E-state index contributed by atoms with van der Waals surface area (Å²) in [5.41, 5.74) is 1.10. The maximum Gasteiger partial charge on any atom is 0.123 e. The van der Waals surface area contributed by atoms with E-state index in [1.165, 1.54) is 44.8 Å². The Labute approximate surface area is 126 Å². The number of fused-ring (bicyclic) bond motifs is 2. The van der Waals surface area contributed by atoms with Gasteiger partial charge in [0.05, 0.1) is 0 Å². The van der Waals surface area contributed by atoms with Gasteiger partial charge < -0.3 is 0 Å². The SMILES string of the molecule is Fc1cccc(CN2CCN([C@H]3C[C@H]4CC[C@@H]3C4)CC2)c1. The number of halogens is 1. The van der Waals surface area contributed by atoms with Crippen LogP contribution in [-0.4, -0.2) is 42.0 Å². The Morgan fingerprint density at radius 2 is 1.90 bits per heavy atom. The fraction of sp³-hybridized carbons (Fsp3) is 0.667. The first-order valence-corrected chi connectivity index (χ1v) is 8.49. The molecule has 3 atom stereocenters. The molecule has 0 spiro atoms. The molecule has 1 aromatic rings. The molecule has 3 heteroatoms. The summed E-state index contributed by atoms with van der Waals surface area (Å²) >= 11 is 0. The van der Waals surface area contributed by atoms with Crippen molar-refractivity contribution >= 4 is 0 Å². The van der Waals surface area contributed by atoms with Crippen LogP contribution in [0.2, 0.25) is 0 Å². The molecule has 0 N–H and O–H groups in total. The van der Waals surface area contributed by atoms with Gasteiger partial charge in [-0.15, -0.1) is 0 Å². The summed E-state index contributed by atoms with van der Waals surface area (Å²) in [6, 6.07) is 7.92. The molecule has 0 radical (unpaired) electrons. The van der Waals surface area contributed by atoms with Crippen LogP contribution < -0.4 is 0 Å². The van der Waals surface area contributed by atoms with Crippen molar-refractivity contribution in [2.75, 3.05) is 26.2 Å². The maximum absolute atomic E-state index is 13.2. The molecule has 21 heavy (non-hydrogen) atoms. The highest BCUT2D eigenvalue weighted by molar-refractivity contribution is 5.16. The molecule has 114 valence electrons. The zero-order chi connectivity index (χ0) is 14.2. The van der Waals surface area contributed by atoms with E-state index in [0.29, 0.717) is 0 Å². The molecule has 2 nitrogen and oxygen atoms in total. The highest BCUT2D eigenvalue weighted by atomic mass is 19.1. The standard InChI is InChI=1S/C18H25FN2/c19-17-3-1-2-15(11-17)13-20-6-8-21(9-7-20)18-12-14-4-5-16(18)10-14/h1-3,11,14,16,18H,4-10,12-13H2/t14-,16+,18-/m0/s1. The minimum Gasteiger partial charge on any atom is -0.298 e. The van der Waals surface area contributed by atoms with Crippen LogP contribution in [-0.2, 0) is 6.54 Å². The minimum absolute atomic E-state index is 0.117. The first-order chi connectivity index (χ1) is 10.3. The molecule has 4 rings (SSSR count). The molecule has 2 aliphatic carbocycles. The summed E-state index contributed by atoms with van der Waals surface area (Å²) in [4.78, 5) is 5.21. The Bertz CT molecular complexity index is 496. The molecule has 1 saturated heterocycles. The van der Waals surface area contributed by atoms with Gasteiger partial charge in [-0.3, -0.25) is 9.80 Å². The number of rotatable bonds is 3. The third-order valence-corrected chi connectivity index (χ3v) is 5.87. The van der Waals surface area contributed by atoms with Gasteiger partial charge in [0.25, 0.3) is 0 Å². The quantitative estimate of drug-likeness (QED) is 0.843. The van der Waals surface area contributed by atoms with Crippen LogP contribution in [0.4, 0.5) is 4.39 Å². The van der Waals surface area contributed by atoms with Crippen LogP contribution >= 0.6 is 0 Å². The highest BCUT2D eigenvalue weighted by Crippen LogP contribution is 2.46. The first-order valence-electron chi connectivity index (χ1n) is 8.49. The van der Waals surface area contributed by atoms with E-state index < -0.39 is 0 Å². The van der Waals surface area contributed by atoms with E-state index >= 15 is 0 Å². The molecular formula is C18H25FN2. The molecule has 3 fully saturated rings. The zero-order valence-electron chi connectivity index (χ0n) is 12.7. The number of hydrogen-bond donors (Lipinski definition) is 0. The Hall–Kier alpha value is -0.930. The second kappa shape index (κ2) is 5.69. The largest absolute Gasteiger partial charge is 0.298 e. The van der Waals surface area contributed by atoms with Gasteiger partial charge >= 0.3 is 0 Å². The molecular weight excluding hydrogens is 263 g/mol. The van der Waals surface area contributed by atoms with Crippen LogP contribution in [0, 0.1) is 17.7 Å². The lowest BCUT2D eigenvalue weighted by Crippen LogP contribution is -2.51. The molecule has 0 amide bonds. The summed E-state index contributed by atoms with van der Waals surface area (Å²) in [6.07, 6.45) is 5.91. The number of hydrogen-bond acceptors (Lipinski definition) is 2. The smallest absolute Gasteiger partial charge is 0.123 e. The van der Waals surface area contributed by atoms with E-state index in [-0.39, 0.29) is 5.82 Å². The van der Waals surface area contributed by atoms with Gasteiger partial charge in [-0.2, -0.15) is 0 Å². The molecule has 1 heterocycles. The topological polar surface area (TPSA) is 6.48 Å². The normalized spacial score (nSPS) is 33.7. The van der Waals surface area contributed by atoms with Gasteiger partial charge in [0.1, 0.15) is 5.82 Å². The Kier molecular flexibility index (Phi) is 3.72. The van der Waals surface area contributed by atoms with Crippen molar-refractivity contribution in [3.8, 4) is 0 Å². The second-order valence-corrected chi connectivity index (χ2v) is 7.18. The fourth-order valence-corrected chi connectivity index (χ4v) is 4.80. The number of benzene rings is 1. The van der Waals surface area contributed by atoms with E-state index in [2.05, 4.69) is 9.80 Å². The predicted octanol–water partition coefficient (Wildman–Crippen LogP) is 3.13. The van der Waals surface area contributed by atoms with E-state index in [1.54, 1.807) is 6.07 Å². The van der Waals surface area contributed by atoms with Crippen LogP contribution in [0.3, 0.4) is 0 Å². The Balaban J connectivity index is 1.31. The summed E-state index contributed by atoms with van der Waals surface area (Å²) in [6.45, 7) is 5.55. The van der Waals surface area contributed by atoms with E-state index in [0.717, 1.165) is 43.1 Å². The first kappa shape index (κ1) is 13.7. The van der Waals surface area contributed by atoms with E-state index in [1.807, 2.05) is 12.1 Å². The molecule has 2 saturated carbocycles.